The van der Waals surface area contributed by atoms with Crippen LogP contribution in [0.3, 0.4) is 0 Å². The average Bonchev–Trinajstić information content (AvgIpc) is 2.60. The number of aromatic nitrogens is 1. The zero-order valence-electron chi connectivity index (χ0n) is 13.4. The molecule has 0 aliphatic carbocycles. The smallest absolute Gasteiger partial charge is 0.179 e. The van der Waals surface area contributed by atoms with E-state index in [1.807, 2.05) is 6.07 Å². The number of halogens is 2. The summed E-state index contributed by atoms with van der Waals surface area (Å²) < 4.78 is 38.0. The lowest BCUT2D eigenvalue weighted by molar-refractivity contribution is 0.593. The van der Waals surface area contributed by atoms with E-state index in [9.17, 15) is 12.8 Å². The average molecular weight is 390 g/mol. The van der Waals surface area contributed by atoms with E-state index in [1.54, 1.807) is 24.4 Å². The molecule has 132 valence electrons. The molecule has 1 aliphatic rings. The van der Waals surface area contributed by atoms with E-state index in [0.29, 0.717) is 27.5 Å². The molecule has 0 radical (unpaired) electrons. The van der Waals surface area contributed by atoms with Crippen molar-refractivity contribution in [1.29, 1.82) is 0 Å². The lowest BCUT2D eigenvalue weighted by Gasteiger charge is -2.18. The molecular formula is C18H13ClFN3O2S. The van der Waals surface area contributed by atoms with Gasteiger partial charge in [-0.3, -0.25) is 10.4 Å². The van der Waals surface area contributed by atoms with Crippen LogP contribution in [-0.4, -0.2) is 24.9 Å². The molecule has 3 aromatic rings. The zero-order chi connectivity index (χ0) is 18.3. The molecule has 0 amide bonds. The number of hydrogen-bond donors (Lipinski definition) is 1. The summed E-state index contributed by atoms with van der Waals surface area (Å²) in [4.78, 5) is 4.37. The molecule has 0 fully saturated rings. The van der Waals surface area contributed by atoms with Gasteiger partial charge in [-0.05, 0) is 42.5 Å². The number of benzene rings is 2. The van der Waals surface area contributed by atoms with E-state index in [4.69, 9.17) is 11.6 Å². The molecule has 26 heavy (non-hydrogen) atoms. The molecule has 1 aliphatic heterocycles. The van der Waals surface area contributed by atoms with Gasteiger partial charge < -0.3 is 0 Å². The fourth-order valence-electron chi connectivity index (χ4n) is 2.94. The Kier molecular flexibility index (Phi) is 4.13. The molecule has 0 saturated heterocycles. The van der Waals surface area contributed by atoms with Crippen molar-refractivity contribution in [1.82, 2.24) is 4.98 Å². The van der Waals surface area contributed by atoms with Gasteiger partial charge in [0.25, 0.3) is 0 Å². The van der Waals surface area contributed by atoms with Gasteiger partial charge >= 0.3 is 0 Å². The largest absolute Gasteiger partial charge is 0.277 e. The van der Waals surface area contributed by atoms with Gasteiger partial charge in [-0.15, -0.1) is 0 Å². The van der Waals surface area contributed by atoms with Gasteiger partial charge in [-0.2, -0.15) is 5.10 Å². The second kappa shape index (κ2) is 6.34. The van der Waals surface area contributed by atoms with Crippen molar-refractivity contribution in [2.24, 2.45) is 5.10 Å². The van der Waals surface area contributed by atoms with E-state index in [0.717, 1.165) is 11.5 Å². The summed E-state index contributed by atoms with van der Waals surface area (Å²) in [6.07, 6.45) is 1.83. The first-order chi connectivity index (χ1) is 12.4. The summed E-state index contributed by atoms with van der Waals surface area (Å²) >= 11 is 5.99. The van der Waals surface area contributed by atoms with Gasteiger partial charge in [0.05, 0.1) is 27.6 Å². The number of sulfone groups is 1. The number of anilines is 1. The topological polar surface area (TPSA) is 71.4 Å². The van der Waals surface area contributed by atoms with Gasteiger partial charge in [0.15, 0.2) is 9.84 Å². The maximum Gasteiger partial charge on any atom is 0.179 e. The number of fused-ring (bicyclic) bond motifs is 2. The highest BCUT2D eigenvalue weighted by Crippen LogP contribution is 2.28. The van der Waals surface area contributed by atoms with Crippen LogP contribution in [-0.2, 0) is 9.84 Å². The van der Waals surface area contributed by atoms with E-state index >= 15 is 0 Å². The first-order valence-corrected chi connectivity index (χ1v) is 9.86. The molecule has 8 heteroatoms. The Hall–Kier alpha value is -2.51. The van der Waals surface area contributed by atoms with E-state index in [1.165, 1.54) is 12.1 Å². The first kappa shape index (κ1) is 16.9. The number of hydrogen-bond acceptors (Lipinski definition) is 5. The van der Waals surface area contributed by atoms with Crippen molar-refractivity contribution >= 4 is 43.7 Å². The fraction of sp³-hybridized carbons (Fsp3) is 0.111. The Labute approximate surface area is 154 Å². The molecule has 1 N–H and O–H groups in total. The monoisotopic (exact) mass is 389 g/mol. The van der Waals surface area contributed by atoms with Crippen LogP contribution in [0.2, 0.25) is 5.02 Å². The van der Waals surface area contributed by atoms with E-state index in [-0.39, 0.29) is 17.1 Å². The van der Waals surface area contributed by atoms with Gasteiger partial charge in [0.2, 0.25) is 0 Å². The number of nitrogens with zero attached hydrogens (tertiary/aromatic N) is 2. The fourth-order valence-corrected chi connectivity index (χ4v) is 4.57. The number of pyridine rings is 1. The highest BCUT2D eigenvalue weighted by Gasteiger charge is 2.28. The highest BCUT2D eigenvalue weighted by molar-refractivity contribution is 7.91. The predicted molar refractivity (Wildman–Crippen MR) is 100.0 cm³/mol. The van der Waals surface area contributed by atoms with Crippen molar-refractivity contribution in [3.05, 3.63) is 65.1 Å². The summed E-state index contributed by atoms with van der Waals surface area (Å²) in [6, 6.07) is 10.7. The number of hydrazone groups is 1. The van der Waals surface area contributed by atoms with E-state index < -0.39 is 15.7 Å². The van der Waals surface area contributed by atoms with Gasteiger partial charge in [0.1, 0.15) is 5.82 Å². The van der Waals surface area contributed by atoms with Crippen molar-refractivity contribution in [2.45, 2.75) is 11.3 Å². The van der Waals surface area contributed by atoms with Crippen molar-refractivity contribution in [3.8, 4) is 0 Å². The van der Waals surface area contributed by atoms with Gasteiger partial charge in [-0.1, -0.05) is 11.6 Å². The molecule has 0 unspecified atom stereocenters. The predicted octanol–water partition coefficient (Wildman–Crippen LogP) is 4.02. The lowest BCUT2D eigenvalue weighted by Crippen LogP contribution is -2.23. The minimum Gasteiger partial charge on any atom is -0.277 e. The van der Waals surface area contributed by atoms with Crippen LogP contribution < -0.4 is 5.43 Å². The zero-order valence-corrected chi connectivity index (χ0v) is 15.0. The van der Waals surface area contributed by atoms with Crippen LogP contribution in [0.15, 0.2) is 58.7 Å². The lowest BCUT2D eigenvalue weighted by atomic mass is 10.1. The van der Waals surface area contributed by atoms with Crippen LogP contribution in [0, 0.1) is 5.82 Å². The normalized spacial score (nSPS) is 17.2. The third-order valence-corrected chi connectivity index (χ3v) is 6.21. The minimum atomic E-state index is -3.41. The maximum absolute atomic E-state index is 13.6. The molecule has 2 aromatic carbocycles. The van der Waals surface area contributed by atoms with Crippen molar-refractivity contribution in [2.75, 3.05) is 11.2 Å². The van der Waals surface area contributed by atoms with Crippen LogP contribution in [0.1, 0.15) is 12.0 Å². The Morgan fingerprint density at radius 3 is 2.85 bits per heavy atom. The molecule has 1 aromatic heterocycles. The third kappa shape index (κ3) is 3.04. The van der Waals surface area contributed by atoms with Crippen LogP contribution in [0.4, 0.5) is 10.1 Å². The summed E-state index contributed by atoms with van der Waals surface area (Å²) in [5.41, 5.74) is 5.15. The van der Waals surface area contributed by atoms with Gasteiger partial charge in [0, 0.05) is 28.6 Å². The maximum atomic E-state index is 13.6. The van der Waals surface area contributed by atoms with Crippen LogP contribution >= 0.6 is 11.6 Å². The Morgan fingerprint density at radius 2 is 2.00 bits per heavy atom. The molecule has 2 heterocycles. The highest BCUT2D eigenvalue weighted by atomic mass is 35.5. The number of nitrogens with one attached hydrogen (secondary N) is 1. The van der Waals surface area contributed by atoms with Crippen molar-refractivity contribution in [3.63, 3.8) is 0 Å². The third-order valence-electron chi connectivity index (χ3n) is 4.21. The summed E-state index contributed by atoms with van der Waals surface area (Å²) in [7, 11) is -3.41. The molecule has 0 bridgehead atoms. The second-order valence-electron chi connectivity index (χ2n) is 5.90. The summed E-state index contributed by atoms with van der Waals surface area (Å²) in [5.74, 6) is -0.559. The quantitative estimate of drug-likeness (QED) is 0.530. The minimum absolute atomic E-state index is 0.0567. The standard InChI is InChI=1S/C18H13ClFN3O2S/c19-11-1-3-13-15(5-7-21-17(13)9-11)22-23-16-6-8-26(24,25)18-4-2-12(20)10-14(16)18/h1-5,7,9-10H,6,8H2,(H,21,22)/b23-16-. The second-order valence-corrected chi connectivity index (χ2v) is 8.41. The van der Waals surface area contributed by atoms with Crippen LogP contribution in [0.5, 0.6) is 0 Å². The molecule has 4 rings (SSSR count). The molecule has 0 spiro atoms. The molecule has 0 saturated carbocycles. The first-order valence-electron chi connectivity index (χ1n) is 7.83. The Morgan fingerprint density at radius 1 is 1.15 bits per heavy atom. The number of rotatable bonds is 2. The van der Waals surface area contributed by atoms with Crippen molar-refractivity contribution < 1.29 is 12.8 Å². The Bertz CT molecular complexity index is 1160. The van der Waals surface area contributed by atoms with Crippen LogP contribution in [0.25, 0.3) is 10.9 Å². The molecule has 0 atom stereocenters. The summed E-state index contributed by atoms with van der Waals surface area (Å²) in [5, 5.41) is 5.75. The van der Waals surface area contributed by atoms with E-state index in [2.05, 4.69) is 15.5 Å². The SMILES string of the molecule is O=S1(=O)CC/C(=N/Nc2ccnc3cc(Cl)ccc23)c2cc(F)ccc21. The molecular weight excluding hydrogens is 377 g/mol. The summed E-state index contributed by atoms with van der Waals surface area (Å²) in [6.45, 7) is 0. The Balaban J connectivity index is 1.76. The molecule has 5 nitrogen and oxygen atoms in total. The van der Waals surface area contributed by atoms with Gasteiger partial charge in [-0.25, -0.2) is 12.8 Å².